The van der Waals surface area contributed by atoms with Gasteiger partial charge in [-0.25, -0.2) is 0 Å². The van der Waals surface area contributed by atoms with Gasteiger partial charge in [-0.3, -0.25) is 5.14 Å². The minimum atomic E-state index is 0.260. The summed E-state index contributed by atoms with van der Waals surface area (Å²) in [5, 5.41) is 7.15. The van der Waals surface area contributed by atoms with Crippen LogP contribution >= 0.6 is 11.9 Å². The van der Waals surface area contributed by atoms with Crippen LogP contribution < -0.4 is 5.14 Å². The number of nitrogens with two attached hydrogens (primary N) is 1. The Morgan fingerprint density at radius 3 is 2.80 bits per heavy atom. The molecule has 1 unspecified atom stereocenters. The lowest BCUT2D eigenvalue weighted by Crippen LogP contribution is -1.95. The molecule has 0 aliphatic rings. The molecule has 0 saturated carbocycles. The van der Waals surface area contributed by atoms with Crippen molar-refractivity contribution < 1.29 is 0 Å². The van der Waals surface area contributed by atoms with Crippen molar-refractivity contribution in [2.45, 2.75) is 20.3 Å². The molecule has 2 heteroatoms. The smallest absolute Gasteiger partial charge is 0.0412 e. The van der Waals surface area contributed by atoms with E-state index >= 15 is 0 Å². The summed E-state index contributed by atoms with van der Waals surface area (Å²) in [5.74, 6) is 2.96. The molecule has 56 valence electrons. The van der Waals surface area contributed by atoms with Crippen molar-refractivity contribution in [1.82, 2.24) is 0 Å². The van der Waals surface area contributed by atoms with Crippen LogP contribution in [0, 0.1) is 18.3 Å². The third-order valence-corrected chi connectivity index (χ3v) is 1.92. The van der Waals surface area contributed by atoms with E-state index in [4.69, 9.17) is 11.6 Å². The Morgan fingerprint density at radius 1 is 1.90 bits per heavy atom. The first-order valence-corrected chi connectivity index (χ1v) is 4.18. The first kappa shape index (κ1) is 9.61. The summed E-state index contributed by atoms with van der Waals surface area (Å²) < 4.78 is 0. The van der Waals surface area contributed by atoms with E-state index in [0.717, 1.165) is 6.42 Å². The van der Waals surface area contributed by atoms with Crippen molar-refractivity contribution in [2.75, 3.05) is 0 Å². The minimum Gasteiger partial charge on any atom is -0.274 e. The first-order chi connectivity index (χ1) is 4.76. The lowest BCUT2D eigenvalue weighted by Gasteiger charge is -2.06. The molecule has 0 bridgehead atoms. The van der Waals surface area contributed by atoms with E-state index in [1.54, 1.807) is 0 Å². The van der Waals surface area contributed by atoms with Gasteiger partial charge in [0, 0.05) is 5.92 Å². The Hall–Kier alpha value is -0.390. The maximum absolute atomic E-state index is 5.27. The lowest BCUT2D eigenvalue weighted by molar-refractivity contribution is 0.754. The molecule has 0 aliphatic carbocycles. The van der Waals surface area contributed by atoms with E-state index in [0.29, 0.717) is 0 Å². The van der Waals surface area contributed by atoms with Crippen molar-refractivity contribution in [3.8, 4) is 12.3 Å². The van der Waals surface area contributed by atoms with Crippen LogP contribution in [0.1, 0.15) is 20.3 Å². The highest BCUT2D eigenvalue weighted by Crippen LogP contribution is 2.14. The molecule has 0 rings (SSSR count). The molecule has 0 aromatic rings. The SMILES string of the molecule is C#CC(CC)/C(C)=C\SN. The maximum atomic E-state index is 5.27. The summed E-state index contributed by atoms with van der Waals surface area (Å²) in [6.45, 7) is 4.08. The molecular formula is C8H13NS. The van der Waals surface area contributed by atoms with Crippen LogP contribution in [0.3, 0.4) is 0 Å². The lowest BCUT2D eigenvalue weighted by atomic mass is 10.0. The zero-order chi connectivity index (χ0) is 7.98. The van der Waals surface area contributed by atoms with Crippen LogP contribution in [0.25, 0.3) is 0 Å². The fourth-order valence-electron chi connectivity index (χ4n) is 0.761. The van der Waals surface area contributed by atoms with Gasteiger partial charge in [0.15, 0.2) is 0 Å². The summed E-state index contributed by atoms with van der Waals surface area (Å²) in [6.07, 6.45) is 6.26. The molecule has 0 spiro atoms. The molecule has 0 aromatic carbocycles. The second-order valence-corrected chi connectivity index (χ2v) is 2.63. The van der Waals surface area contributed by atoms with E-state index in [1.807, 2.05) is 12.3 Å². The van der Waals surface area contributed by atoms with E-state index in [9.17, 15) is 0 Å². The summed E-state index contributed by atoms with van der Waals surface area (Å²) >= 11 is 1.21. The summed E-state index contributed by atoms with van der Waals surface area (Å²) in [7, 11) is 0. The van der Waals surface area contributed by atoms with Crippen LogP contribution in [0.5, 0.6) is 0 Å². The molecule has 0 fully saturated rings. The van der Waals surface area contributed by atoms with E-state index in [2.05, 4.69) is 12.8 Å². The molecule has 1 atom stereocenters. The van der Waals surface area contributed by atoms with E-state index in [-0.39, 0.29) is 5.92 Å². The molecule has 0 amide bonds. The Morgan fingerprint density at radius 2 is 2.50 bits per heavy atom. The van der Waals surface area contributed by atoms with Crippen LogP contribution in [-0.4, -0.2) is 0 Å². The fraction of sp³-hybridized carbons (Fsp3) is 0.500. The predicted octanol–water partition coefficient (Wildman–Crippen LogP) is 2.16. The number of terminal acetylenes is 1. The van der Waals surface area contributed by atoms with Gasteiger partial charge >= 0.3 is 0 Å². The number of hydrogen-bond acceptors (Lipinski definition) is 2. The Balaban J connectivity index is 4.04. The average Bonchev–Trinajstić information content (AvgIpc) is 1.91. The number of rotatable bonds is 3. The van der Waals surface area contributed by atoms with Gasteiger partial charge < -0.3 is 0 Å². The Bertz CT molecular complexity index is 155. The number of hydrogen-bond donors (Lipinski definition) is 1. The molecule has 1 nitrogen and oxygen atoms in total. The van der Waals surface area contributed by atoms with Gasteiger partial charge in [-0.15, -0.1) is 6.42 Å². The van der Waals surface area contributed by atoms with Crippen molar-refractivity contribution >= 4 is 11.9 Å². The predicted molar refractivity (Wildman–Crippen MR) is 48.1 cm³/mol. The van der Waals surface area contributed by atoms with E-state index < -0.39 is 0 Å². The van der Waals surface area contributed by atoms with Gasteiger partial charge in [-0.2, -0.15) is 0 Å². The normalized spacial score (nSPS) is 14.4. The molecule has 0 aromatic heterocycles. The zero-order valence-corrected chi connectivity index (χ0v) is 7.24. The molecule has 0 aliphatic heterocycles. The van der Waals surface area contributed by atoms with Gasteiger partial charge in [-0.05, 0) is 18.8 Å². The van der Waals surface area contributed by atoms with Gasteiger partial charge in [0.1, 0.15) is 0 Å². The van der Waals surface area contributed by atoms with Crippen LogP contribution in [0.2, 0.25) is 0 Å². The molecule has 2 N–H and O–H groups in total. The van der Waals surface area contributed by atoms with Gasteiger partial charge in [0.2, 0.25) is 0 Å². The van der Waals surface area contributed by atoms with Crippen molar-refractivity contribution in [1.29, 1.82) is 0 Å². The van der Waals surface area contributed by atoms with Gasteiger partial charge in [0.05, 0.1) is 0 Å². The second kappa shape index (κ2) is 5.40. The summed E-state index contributed by atoms with van der Waals surface area (Å²) in [4.78, 5) is 0. The minimum absolute atomic E-state index is 0.260. The quantitative estimate of drug-likeness (QED) is 0.499. The van der Waals surface area contributed by atoms with Gasteiger partial charge in [0.25, 0.3) is 0 Å². The molecular weight excluding hydrogens is 142 g/mol. The zero-order valence-electron chi connectivity index (χ0n) is 6.42. The number of allylic oxidation sites excluding steroid dienone is 1. The van der Waals surface area contributed by atoms with Crippen LogP contribution in [0.15, 0.2) is 11.0 Å². The molecule has 0 radical (unpaired) electrons. The second-order valence-electron chi connectivity index (χ2n) is 2.13. The standard InChI is InChI=1S/C8H13NS/c1-4-8(5-2)7(3)6-10-9/h1,6,8H,5,9H2,2-3H3/b7-6-. The highest BCUT2D eigenvalue weighted by molar-refractivity contribution is 8.00. The molecule has 10 heavy (non-hydrogen) atoms. The summed E-state index contributed by atoms with van der Waals surface area (Å²) in [6, 6.07) is 0. The molecule has 0 saturated heterocycles. The van der Waals surface area contributed by atoms with E-state index in [1.165, 1.54) is 17.5 Å². The Kier molecular flexibility index (Phi) is 5.19. The van der Waals surface area contributed by atoms with Crippen molar-refractivity contribution in [3.63, 3.8) is 0 Å². The molecule has 0 heterocycles. The van der Waals surface area contributed by atoms with Crippen LogP contribution in [-0.2, 0) is 0 Å². The van der Waals surface area contributed by atoms with Crippen LogP contribution in [0.4, 0.5) is 0 Å². The third kappa shape index (κ3) is 2.95. The fourth-order valence-corrected chi connectivity index (χ4v) is 1.14. The highest BCUT2D eigenvalue weighted by Gasteiger charge is 2.02. The van der Waals surface area contributed by atoms with Gasteiger partial charge in [-0.1, -0.05) is 30.4 Å². The van der Waals surface area contributed by atoms with Crippen molar-refractivity contribution in [3.05, 3.63) is 11.0 Å². The highest BCUT2D eigenvalue weighted by atomic mass is 32.2. The summed E-state index contributed by atoms with van der Waals surface area (Å²) in [5.41, 5.74) is 1.18. The topological polar surface area (TPSA) is 26.0 Å². The third-order valence-electron chi connectivity index (χ3n) is 1.41. The maximum Gasteiger partial charge on any atom is 0.0412 e. The monoisotopic (exact) mass is 155 g/mol. The largest absolute Gasteiger partial charge is 0.274 e. The van der Waals surface area contributed by atoms with Crippen molar-refractivity contribution in [2.24, 2.45) is 11.1 Å². The average molecular weight is 155 g/mol. The Labute approximate surface area is 67.2 Å². The first-order valence-electron chi connectivity index (χ1n) is 3.24.